The van der Waals surface area contributed by atoms with Crippen molar-refractivity contribution in [1.82, 2.24) is 0.262 Å². The normalized spacial score (nSPS) is 9.78. The first-order valence-corrected chi connectivity index (χ1v) is 5.99. The van der Waals surface area contributed by atoms with Gasteiger partial charge < -0.3 is 0 Å². The molecule has 0 aromatic carbocycles. The number of rotatable bonds is 3. The Kier molecular flexibility index (Phi) is 6.49. The van der Waals surface area contributed by atoms with Crippen LogP contribution in [0.1, 0.15) is 20.8 Å². The Morgan fingerprint density at radius 2 is 2.22 bits per heavy atom. The summed E-state index contributed by atoms with van der Waals surface area (Å²) in [6.07, 6.45) is 0. The summed E-state index contributed by atoms with van der Waals surface area (Å²) in [6, 6.07) is 0. The van der Waals surface area contributed by atoms with Gasteiger partial charge in [0.15, 0.2) is 0 Å². The Hall–Kier alpha value is 1.05. The third-order valence-electron chi connectivity index (χ3n) is 0.818. The number of carbonyl (C=O) groups excluding carboxylic acids is 1. The summed E-state index contributed by atoms with van der Waals surface area (Å²) in [6.45, 7) is 5.95. The number of hydrogen-bond acceptors (Lipinski definition) is 1. The van der Waals surface area contributed by atoms with Gasteiger partial charge in [0, 0.05) is 0 Å². The maximum absolute atomic E-state index is 10.8. The predicted octanol–water partition coefficient (Wildman–Crippen LogP) is 1.20. The Morgan fingerprint density at radius 1 is 1.67 bits per heavy atom. The average Bonchev–Trinajstić information content (AvgIpc) is 1.82. The van der Waals surface area contributed by atoms with Crippen LogP contribution in [-0.4, -0.2) is 5.91 Å². The average molecular weight is 267 g/mol. The Morgan fingerprint density at radius 3 is 2.56 bits per heavy atom. The number of carbonyl (C=O) groups is 1. The Labute approximate surface area is 82.2 Å². The Bertz CT molecular complexity index is 93.1. The SMILES string of the molecule is C[CH2][Eu][NH]C(=O)C(C)C. The van der Waals surface area contributed by atoms with Gasteiger partial charge >= 0.3 is 83.6 Å². The molecule has 0 bridgehead atoms. The molecule has 0 aromatic rings. The van der Waals surface area contributed by atoms with Crippen LogP contribution < -0.4 is 0.262 Å². The zero-order valence-electron chi connectivity index (χ0n) is 6.07. The van der Waals surface area contributed by atoms with Gasteiger partial charge in [-0.15, -0.1) is 0 Å². The molecule has 9 heavy (non-hydrogen) atoms. The summed E-state index contributed by atoms with van der Waals surface area (Å²) in [5, 5.41) is 0. The van der Waals surface area contributed by atoms with Crippen molar-refractivity contribution in [3.8, 4) is 0 Å². The van der Waals surface area contributed by atoms with E-state index in [9.17, 15) is 4.79 Å². The van der Waals surface area contributed by atoms with Gasteiger partial charge in [0.2, 0.25) is 0 Å². The van der Waals surface area contributed by atoms with Crippen molar-refractivity contribution in [2.75, 3.05) is 0 Å². The van der Waals surface area contributed by atoms with E-state index in [0.717, 1.165) is 0 Å². The first kappa shape index (κ1) is 10.1. The van der Waals surface area contributed by atoms with Crippen molar-refractivity contribution >= 4 is 5.91 Å². The molecule has 0 spiro atoms. The summed E-state index contributed by atoms with van der Waals surface area (Å²) in [7, 11) is 0. The molecular formula is C6H13EuNO. The van der Waals surface area contributed by atoms with E-state index in [1.165, 1.54) is 0.815 Å². The van der Waals surface area contributed by atoms with E-state index in [1.807, 2.05) is 13.8 Å². The van der Waals surface area contributed by atoms with E-state index in [0.29, 0.717) is 0 Å². The molecule has 0 aliphatic rings. The number of amides is 1. The van der Waals surface area contributed by atoms with Crippen molar-refractivity contribution in [3.05, 3.63) is 0 Å². The van der Waals surface area contributed by atoms with Crippen molar-refractivity contribution in [3.63, 3.8) is 0 Å². The minimum absolute atomic E-state index is 0.160. The molecule has 2 nitrogen and oxygen atoms in total. The molecule has 0 saturated heterocycles. The predicted molar refractivity (Wildman–Crippen MR) is 33.5 cm³/mol. The van der Waals surface area contributed by atoms with E-state index in [-0.39, 0.29) is 56.9 Å². The molecule has 55 valence electrons. The van der Waals surface area contributed by atoms with Crippen LogP contribution in [0.25, 0.3) is 0 Å². The van der Waals surface area contributed by atoms with Crippen molar-refractivity contribution in [2.45, 2.75) is 21.6 Å². The first-order chi connectivity index (χ1) is 4.18. The molecule has 0 heterocycles. The summed E-state index contributed by atoms with van der Waals surface area (Å²) in [4.78, 5) is 10.8. The van der Waals surface area contributed by atoms with Gasteiger partial charge in [0.05, 0.1) is 0 Å². The monoisotopic (exact) mass is 268 g/mol. The second-order valence-corrected chi connectivity index (χ2v) is 5.19. The van der Waals surface area contributed by atoms with E-state index in [2.05, 4.69) is 7.19 Å². The molecule has 0 aromatic heterocycles. The minimum atomic E-state index is -0.375. The molecule has 0 unspecified atom stereocenters. The quantitative estimate of drug-likeness (QED) is 0.817. The molecule has 0 radical (unpaired) electrons. The van der Waals surface area contributed by atoms with E-state index >= 15 is 0 Å². The van der Waals surface area contributed by atoms with Crippen LogP contribution in [0.2, 0.25) is 0.815 Å². The molecule has 0 rings (SSSR count). The summed E-state index contributed by atoms with van der Waals surface area (Å²) >= 11 is -0.375. The van der Waals surface area contributed by atoms with Gasteiger partial charge in [-0.05, 0) is 0 Å². The van der Waals surface area contributed by atoms with Crippen molar-refractivity contribution in [2.24, 2.45) is 5.92 Å². The van der Waals surface area contributed by atoms with Crippen LogP contribution in [0.3, 0.4) is 0 Å². The third-order valence-corrected chi connectivity index (χ3v) is 2.70. The molecule has 1 amide bonds. The molecule has 0 atom stereocenters. The summed E-state index contributed by atoms with van der Waals surface area (Å²) < 4.78 is 4.11. The fourth-order valence-corrected chi connectivity index (χ4v) is 1.79. The molecule has 0 aliphatic carbocycles. The van der Waals surface area contributed by atoms with Crippen LogP contribution >= 0.6 is 0 Å². The van der Waals surface area contributed by atoms with E-state index < -0.39 is 0 Å². The van der Waals surface area contributed by atoms with Gasteiger partial charge in [-0.2, -0.15) is 0 Å². The molecule has 3 heteroatoms. The molecular weight excluding hydrogens is 254 g/mol. The van der Waals surface area contributed by atoms with Crippen LogP contribution in [0.4, 0.5) is 0 Å². The van der Waals surface area contributed by atoms with Crippen molar-refractivity contribution in [1.29, 1.82) is 0 Å². The van der Waals surface area contributed by atoms with Gasteiger partial charge in [-0.1, -0.05) is 0 Å². The summed E-state index contributed by atoms with van der Waals surface area (Å²) in [5.74, 6) is 0.378. The zero-order valence-corrected chi connectivity index (χ0v) is 8.50. The zero-order chi connectivity index (χ0) is 7.28. The van der Waals surface area contributed by atoms with Gasteiger partial charge in [-0.3, -0.25) is 0 Å². The molecule has 0 fully saturated rings. The number of nitrogens with one attached hydrogen (secondary N) is 1. The van der Waals surface area contributed by atoms with E-state index in [1.54, 1.807) is 0 Å². The topological polar surface area (TPSA) is 29.1 Å². The first-order valence-electron chi connectivity index (χ1n) is 3.06. The van der Waals surface area contributed by atoms with E-state index in [4.69, 9.17) is 0 Å². The van der Waals surface area contributed by atoms with Crippen LogP contribution in [0.15, 0.2) is 0 Å². The number of hydrogen-bond donors (Lipinski definition) is 1. The molecule has 1 N–H and O–H groups in total. The molecule has 0 aliphatic heterocycles. The second kappa shape index (κ2) is 5.81. The fourth-order valence-electron chi connectivity index (χ4n) is 0.242. The van der Waals surface area contributed by atoms with Crippen LogP contribution in [-0.2, 0) is 4.79 Å². The third kappa shape index (κ3) is 5.50. The van der Waals surface area contributed by atoms with Crippen LogP contribution in [0, 0.1) is 51.0 Å². The van der Waals surface area contributed by atoms with Crippen molar-refractivity contribution < 1.29 is 49.9 Å². The summed E-state index contributed by atoms with van der Waals surface area (Å²) in [5.41, 5.74) is 0. The van der Waals surface area contributed by atoms with Gasteiger partial charge in [0.25, 0.3) is 0 Å². The fraction of sp³-hybridized carbons (Fsp3) is 0.833. The van der Waals surface area contributed by atoms with Gasteiger partial charge in [-0.25, -0.2) is 0 Å². The maximum atomic E-state index is 10.8. The Balaban J connectivity index is 3.28. The standard InChI is InChI=1S/C4H9NO.C2H5.Eu/c1-3(2)4(5)6;1-2;/h3H,1-2H3,(H2,5,6);1H2,2H3;/q;;+1/p-1. The molecule has 0 saturated carbocycles. The van der Waals surface area contributed by atoms with Crippen LogP contribution in [0.5, 0.6) is 0 Å². The van der Waals surface area contributed by atoms with Gasteiger partial charge in [0.1, 0.15) is 0 Å². The second-order valence-electron chi connectivity index (χ2n) is 2.01.